The van der Waals surface area contributed by atoms with Gasteiger partial charge in [0.25, 0.3) is 5.56 Å². The van der Waals surface area contributed by atoms with E-state index in [0.717, 1.165) is 19.4 Å². The van der Waals surface area contributed by atoms with Gasteiger partial charge < -0.3 is 14.6 Å². The minimum Gasteiger partial charge on any atom is -0.379 e. The van der Waals surface area contributed by atoms with Crippen molar-refractivity contribution in [1.82, 2.24) is 4.57 Å². The van der Waals surface area contributed by atoms with E-state index >= 15 is 0 Å². The first kappa shape index (κ1) is 12.2. The van der Waals surface area contributed by atoms with Gasteiger partial charge >= 0.3 is 0 Å². The molecule has 1 N–H and O–H groups in total. The number of aromatic nitrogens is 1. The zero-order valence-electron chi connectivity index (χ0n) is 10.5. The second-order valence-electron chi connectivity index (χ2n) is 4.80. The van der Waals surface area contributed by atoms with E-state index in [1.165, 1.54) is 0 Å². The normalized spacial score (nSPS) is 20.5. The third kappa shape index (κ3) is 2.88. The van der Waals surface area contributed by atoms with Gasteiger partial charge in [-0.05, 0) is 38.8 Å². The fourth-order valence-corrected chi connectivity index (χ4v) is 2.16. The predicted octanol–water partition coefficient (Wildman–Crippen LogP) is 2.02. The van der Waals surface area contributed by atoms with E-state index in [1.54, 1.807) is 4.57 Å². The van der Waals surface area contributed by atoms with Crippen LogP contribution in [0.3, 0.4) is 0 Å². The lowest BCUT2D eigenvalue weighted by Crippen LogP contribution is -2.32. The van der Waals surface area contributed by atoms with Gasteiger partial charge in [-0.1, -0.05) is 0 Å². The predicted molar refractivity (Wildman–Crippen MR) is 68.6 cm³/mol. The molecule has 0 bridgehead atoms. The fourth-order valence-electron chi connectivity index (χ4n) is 2.16. The molecule has 1 aromatic heterocycles. The van der Waals surface area contributed by atoms with Gasteiger partial charge in [0.2, 0.25) is 0 Å². The van der Waals surface area contributed by atoms with Crippen LogP contribution in [0.25, 0.3) is 0 Å². The van der Waals surface area contributed by atoms with Crippen molar-refractivity contribution in [2.24, 2.45) is 0 Å². The van der Waals surface area contributed by atoms with Crippen molar-refractivity contribution < 1.29 is 4.74 Å². The molecule has 0 amide bonds. The van der Waals surface area contributed by atoms with Crippen molar-refractivity contribution in [3.05, 3.63) is 28.7 Å². The summed E-state index contributed by atoms with van der Waals surface area (Å²) in [6.45, 7) is 5.52. The smallest absolute Gasteiger partial charge is 0.274 e. The number of ether oxygens (including phenoxy) is 1. The number of hydrogen-bond acceptors (Lipinski definition) is 3. The standard InChI is InChI=1S/C13H20N2O2/c1-10(2)14-12-6-3-7-15(13(12)16)11-5-4-8-17-9-11/h3,6-7,10-11,14H,4-5,8-9H2,1-2H3. The number of pyridine rings is 1. The first-order valence-electron chi connectivity index (χ1n) is 6.24. The molecule has 2 heterocycles. The average molecular weight is 236 g/mol. The lowest BCUT2D eigenvalue weighted by molar-refractivity contribution is 0.0580. The molecule has 1 unspecified atom stereocenters. The molecular formula is C13H20N2O2. The van der Waals surface area contributed by atoms with Crippen LogP contribution >= 0.6 is 0 Å². The van der Waals surface area contributed by atoms with Crippen LogP contribution in [-0.2, 0) is 4.74 Å². The first-order chi connectivity index (χ1) is 8.18. The van der Waals surface area contributed by atoms with E-state index in [-0.39, 0.29) is 17.6 Å². The summed E-state index contributed by atoms with van der Waals surface area (Å²) >= 11 is 0. The van der Waals surface area contributed by atoms with Crippen LogP contribution in [0, 0.1) is 0 Å². The highest BCUT2D eigenvalue weighted by molar-refractivity contribution is 5.41. The Bertz CT molecular complexity index is 420. The van der Waals surface area contributed by atoms with Gasteiger partial charge in [0.1, 0.15) is 5.69 Å². The molecule has 0 saturated carbocycles. The largest absolute Gasteiger partial charge is 0.379 e. The Kier molecular flexibility index (Phi) is 3.84. The van der Waals surface area contributed by atoms with Crippen molar-refractivity contribution in [1.29, 1.82) is 0 Å². The minimum atomic E-state index is 0.0525. The second kappa shape index (κ2) is 5.36. The van der Waals surface area contributed by atoms with Gasteiger partial charge in [-0.15, -0.1) is 0 Å². The molecule has 1 saturated heterocycles. The van der Waals surface area contributed by atoms with Gasteiger partial charge in [0.15, 0.2) is 0 Å². The van der Waals surface area contributed by atoms with Crippen LogP contribution in [0.5, 0.6) is 0 Å². The van der Waals surface area contributed by atoms with Gasteiger partial charge in [-0.2, -0.15) is 0 Å². The zero-order valence-corrected chi connectivity index (χ0v) is 10.5. The highest BCUT2D eigenvalue weighted by Crippen LogP contribution is 2.18. The molecule has 94 valence electrons. The highest BCUT2D eigenvalue weighted by atomic mass is 16.5. The van der Waals surface area contributed by atoms with Crippen LogP contribution in [0.4, 0.5) is 5.69 Å². The molecule has 0 spiro atoms. The molecule has 1 fully saturated rings. The number of rotatable bonds is 3. The van der Waals surface area contributed by atoms with Crippen molar-refractivity contribution in [3.63, 3.8) is 0 Å². The monoisotopic (exact) mass is 236 g/mol. The van der Waals surface area contributed by atoms with Crippen LogP contribution in [0.2, 0.25) is 0 Å². The molecule has 1 aromatic rings. The summed E-state index contributed by atoms with van der Waals surface area (Å²) in [6, 6.07) is 4.20. The molecule has 0 aromatic carbocycles. The Hall–Kier alpha value is -1.29. The van der Waals surface area contributed by atoms with E-state index in [0.29, 0.717) is 12.3 Å². The van der Waals surface area contributed by atoms with Gasteiger partial charge in [-0.3, -0.25) is 4.79 Å². The van der Waals surface area contributed by atoms with Crippen LogP contribution in [-0.4, -0.2) is 23.8 Å². The van der Waals surface area contributed by atoms with Crippen molar-refractivity contribution >= 4 is 5.69 Å². The van der Waals surface area contributed by atoms with E-state index in [9.17, 15) is 4.79 Å². The molecule has 1 aliphatic rings. The van der Waals surface area contributed by atoms with Gasteiger partial charge in [0, 0.05) is 18.8 Å². The van der Waals surface area contributed by atoms with E-state index in [2.05, 4.69) is 5.32 Å². The summed E-state index contributed by atoms with van der Waals surface area (Å²) in [6.07, 6.45) is 3.90. The maximum absolute atomic E-state index is 12.2. The second-order valence-corrected chi connectivity index (χ2v) is 4.80. The van der Waals surface area contributed by atoms with E-state index < -0.39 is 0 Å². The molecule has 17 heavy (non-hydrogen) atoms. The topological polar surface area (TPSA) is 43.3 Å². The summed E-state index contributed by atoms with van der Waals surface area (Å²) in [5, 5.41) is 3.18. The van der Waals surface area contributed by atoms with Crippen molar-refractivity contribution in [2.75, 3.05) is 18.5 Å². The summed E-state index contributed by atoms with van der Waals surface area (Å²) in [4.78, 5) is 12.2. The molecule has 4 heteroatoms. The van der Waals surface area contributed by atoms with Crippen LogP contribution in [0.15, 0.2) is 23.1 Å². The number of nitrogens with one attached hydrogen (secondary N) is 1. The van der Waals surface area contributed by atoms with Crippen LogP contribution < -0.4 is 10.9 Å². The Morgan fingerprint density at radius 2 is 2.35 bits per heavy atom. The number of anilines is 1. The molecule has 0 radical (unpaired) electrons. The highest BCUT2D eigenvalue weighted by Gasteiger charge is 2.17. The number of nitrogens with zero attached hydrogens (tertiary/aromatic N) is 1. The minimum absolute atomic E-state index is 0.0525. The SMILES string of the molecule is CC(C)Nc1cccn(C2CCCOC2)c1=O. The Morgan fingerprint density at radius 1 is 1.53 bits per heavy atom. The fraction of sp³-hybridized carbons (Fsp3) is 0.615. The van der Waals surface area contributed by atoms with E-state index in [1.807, 2.05) is 32.2 Å². The Balaban J connectivity index is 2.25. The zero-order chi connectivity index (χ0) is 12.3. The Morgan fingerprint density at radius 3 is 3.00 bits per heavy atom. The van der Waals surface area contributed by atoms with Crippen LogP contribution in [0.1, 0.15) is 32.7 Å². The van der Waals surface area contributed by atoms with Crippen molar-refractivity contribution in [3.8, 4) is 0 Å². The third-order valence-electron chi connectivity index (χ3n) is 2.95. The average Bonchev–Trinajstić information content (AvgIpc) is 2.32. The lowest BCUT2D eigenvalue weighted by Gasteiger charge is -2.24. The molecular weight excluding hydrogens is 216 g/mol. The summed E-state index contributed by atoms with van der Waals surface area (Å²) < 4.78 is 7.23. The van der Waals surface area contributed by atoms with E-state index in [4.69, 9.17) is 4.74 Å². The quantitative estimate of drug-likeness (QED) is 0.873. The Labute approximate surface area is 102 Å². The summed E-state index contributed by atoms with van der Waals surface area (Å²) in [7, 11) is 0. The van der Waals surface area contributed by atoms with Crippen molar-refractivity contribution in [2.45, 2.75) is 38.8 Å². The maximum Gasteiger partial charge on any atom is 0.274 e. The lowest BCUT2D eigenvalue weighted by atomic mass is 10.1. The third-order valence-corrected chi connectivity index (χ3v) is 2.95. The molecule has 1 atom stereocenters. The molecule has 2 rings (SSSR count). The summed E-state index contributed by atoms with van der Waals surface area (Å²) in [5.41, 5.74) is 0.727. The molecule has 4 nitrogen and oxygen atoms in total. The maximum atomic E-state index is 12.2. The van der Waals surface area contributed by atoms with Gasteiger partial charge in [-0.25, -0.2) is 0 Å². The van der Waals surface area contributed by atoms with Gasteiger partial charge in [0.05, 0.1) is 12.6 Å². The number of hydrogen-bond donors (Lipinski definition) is 1. The summed E-state index contributed by atoms with van der Waals surface area (Å²) in [5.74, 6) is 0. The molecule has 0 aliphatic carbocycles. The first-order valence-corrected chi connectivity index (χ1v) is 6.24. The molecule has 1 aliphatic heterocycles.